The Labute approximate surface area is 227 Å². The van der Waals surface area contributed by atoms with Gasteiger partial charge in [-0.05, 0) is 93.9 Å². The molecule has 0 radical (unpaired) electrons. The lowest BCUT2D eigenvalue weighted by Gasteiger charge is -2.19. The molecule has 0 spiro atoms. The van der Waals surface area contributed by atoms with Crippen LogP contribution in [0.1, 0.15) is 37.6 Å². The fourth-order valence-corrected chi connectivity index (χ4v) is 4.89. The van der Waals surface area contributed by atoms with Crippen molar-refractivity contribution in [3.05, 3.63) is 82.5 Å². The summed E-state index contributed by atoms with van der Waals surface area (Å²) in [5.41, 5.74) is 1.57. The first-order chi connectivity index (χ1) is 17.8. The van der Waals surface area contributed by atoms with Gasteiger partial charge in [0.1, 0.15) is 11.4 Å². The first-order valence-electron chi connectivity index (χ1n) is 11.7. The van der Waals surface area contributed by atoms with Crippen LogP contribution in [0, 0.1) is 6.92 Å². The molecule has 0 aliphatic carbocycles. The predicted octanol–water partition coefficient (Wildman–Crippen LogP) is 8.02. The van der Waals surface area contributed by atoms with E-state index in [1.165, 1.54) is 12.1 Å². The molecular weight excluding hydrogens is 537 g/mol. The number of carbonyl (C=O) groups excluding carboxylic acids is 1. The van der Waals surface area contributed by atoms with Crippen molar-refractivity contribution in [3.8, 4) is 11.4 Å². The Hall–Kier alpha value is -3.17. The molecule has 10 heteroatoms. The van der Waals surface area contributed by atoms with Gasteiger partial charge in [0, 0.05) is 21.1 Å². The summed E-state index contributed by atoms with van der Waals surface area (Å²) in [4.78, 5) is 12.9. The third kappa shape index (κ3) is 6.82. The molecule has 4 aromatic rings. The number of aromatic nitrogens is 2. The second-order valence-corrected chi connectivity index (χ2v) is 11.1. The zero-order valence-electron chi connectivity index (χ0n) is 21.2. The molecule has 0 saturated heterocycles. The molecule has 200 valence electrons. The zero-order chi connectivity index (χ0) is 27.7. The molecule has 5 nitrogen and oxygen atoms in total. The number of alkyl halides is 3. The number of hydrogen-bond donors (Lipinski definition) is 0. The van der Waals surface area contributed by atoms with Crippen LogP contribution in [-0.2, 0) is 21.5 Å². The van der Waals surface area contributed by atoms with Crippen LogP contribution in [0.5, 0.6) is 5.75 Å². The Morgan fingerprint density at radius 3 is 2.37 bits per heavy atom. The molecule has 0 amide bonds. The highest BCUT2D eigenvalue weighted by Gasteiger charge is 2.30. The minimum Gasteiger partial charge on any atom is -0.482 e. The van der Waals surface area contributed by atoms with E-state index in [1.807, 2.05) is 19.1 Å². The lowest BCUT2D eigenvalue weighted by molar-refractivity contribution is -0.157. The number of thioether (sulfide) groups is 1. The topological polar surface area (TPSA) is 53.4 Å². The van der Waals surface area contributed by atoms with Crippen molar-refractivity contribution in [1.29, 1.82) is 0 Å². The van der Waals surface area contributed by atoms with E-state index in [9.17, 15) is 18.0 Å². The van der Waals surface area contributed by atoms with E-state index >= 15 is 0 Å². The lowest BCUT2D eigenvalue weighted by atomic mass is 10.2. The SMILES string of the molecule is Cc1cc(SCc2nn(-c3ccc(C(F)(F)F)cc3)c3ccc(Cl)cc23)ccc1OCC(=O)OC(C)(C)C. The van der Waals surface area contributed by atoms with Gasteiger partial charge in [0.2, 0.25) is 0 Å². The van der Waals surface area contributed by atoms with Crippen LogP contribution in [-0.4, -0.2) is 28.0 Å². The minimum absolute atomic E-state index is 0.182. The van der Waals surface area contributed by atoms with E-state index in [2.05, 4.69) is 0 Å². The smallest absolute Gasteiger partial charge is 0.416 e. The number of carbonyl (C=O) groups is 1. The minimum atomic E-state index is -4.41. The molecule has 0 N–H and O–H groups in total. The number of ether oxygens (including phenoxy) is 2. The maximum atomic E-state index is 13.0. The van der Waals surface area contributed by atoms with Crippen LogP contribution >= 0.6 is 23.4 Å². The van der Waals surface area contributed by atoms with Crippen LogP contribution in [0.3, 0.4) is 0 Å². The Morgan fingerprint density at radius 2 is 1.74 bits per heavy atom. The van der Waals surface area contributed by atoms with Gasteiger partial charge in [-0.25, -0.2) is 9.48 Å². The highest BCUT2D eigenvalue weighted by Crippen LogP contribution is 2.33. The first kappa shape index (κ1) is 27.9. The number of benzene rings is 3. The Morgan fingerprint density at radius 1 is 1.03 bits per heavy atom. The number of esters is 1. The van der Waals surface area contributed by atoms with Gasteiger partial charge < -0.3 is 9.47 Å². The number of fused-ring (bicyclic) bond motifs is 1. The fraction of sp³-hybridized carbons (Fsp3) is 0.286. The van der Waals surface area contributed by atoms with Gasteiger partial charge in [-0.2, -0.15) is 18.3 Å². The van der Waals surface area contributed by atoms with Crippen molar-refractivity contribution in [2.24, 2.45) is 0 Å². The van der Waals surface area contributed by atoms with Crippen molar-refractivity contribution >= 4 is 40.2 Å². The number of nitrogens with zero attached hydrogens (tertiary/aromatic N) is 2. The van der Waals surface area contributed by atoms with Crippen molar-refractivity contribution in [2.75, 3.05) is 6.61 Å². The molecule has 1 aromatic heterocycles. The summed E-state index contributed by atoms with van der Waals surface area (Å²) in [7, 11) is 0. The average molecular weight is 563 g/mol. The number of aryl methyl sites for hydroxylation is 1. The highest BCUT2D eigenvalue weighted by molar-refractivity contribution is 7.98. The van der Waals surface area contributed by atoms with Gasteiger partial charge in [0.25, 0.3) is 0 Å². The molecule has 38 heavy (non-hydrogen) atoms. The fourth-order valence-electron chi connectivity index (χ4n) is 3.78. The molecule has 0 saturated carbocycles. The Balaban J connectivity index is 1.51. The third-order valence-corrected chi connectivity index (χ3v) is 6.69. The van der Waals surface area contributed by atoms with Crippen LogP contribution in [0.25, 0.3) is 16.6 Å². The van der Waals surface area contributed by atoms with E-state index < -0.39 is 23.3 Å². The summed E-state index contributed by atoms with van der Waals surface area (Å²) in [6.45, 7) is 7.10. The predicted molar refractivity (Wildman–Crippen MR) is 143 cm³/mol. The van der Waals surface area contributed by atoms with Gasteiger partial charge in [-0.15, -0.1) is 11.8 Å². The summed E-state index contributed by atoms with van der Waals surface area (Å²) < 4.78 is 51.6. The van der Waals surface area contributed by atoms with E-state index in [1.54, 1.807) is 61.5 Å². The van der Waals surface area contributed by atoms with Crippen LogP contribution in [0.15, 0.2) is 65.6 Å². The van der Waals surface area contributed by atoms with Gasteiger partial charge in [-0.3, -0.25) is 0 Å². The van der Waals surface area contributed by atoms with Crippen LogP contribution in [0.4, 0.5) is 13.2 Å². The molecule has 0 bridgehead atoms. The van der Waals surface area contributed by atoms with E-state index in [-0.39, 0.29) is 6.61 Å². The zero-order valence-corrected chi connectivity index (χ0v) is 22.8. The first-order valence-corrected chi connectivity index (χ1v) is 13.1. The monoisotopic (exact) mass is 562 g/mol. The third-order valence-electron chi connectivity index (χ3n) is 5.45. The average Bonchev–Trinajstić information content (AvgIpc) is 3.18. The second kappa shape index (κ2) is 10.9. The van der Waals surface area contributed by atoms with Crippen LogP contribution in [0.2, 0.25) is 5.02 Å². The molecule has 1 heterocycles. The molecular formula is C28H26ClF3N2O3S. The number of hydrogen-bond acceptors (Lipinski definition) is 5. The van der Waals surface area contributed by atoms with Crippen LogP contribution < -0.4 is 4.74 Å². The highest BCUT2D eigenvalue weighted by atomic mass is 35.5. The van der Waals surface area contributed by atoms with Crippen molar-refractivity contribution in [1.82, 2.24) is 9.78 Å². The maximum absolute atomic E-state index is 13.0. The molecule has 4 rings (SSSR count). The summed E-state index contributed by atoms with van der Waals surface area (Å²) >= 11 is 7.79. The summed E-state index contributed by atoms with van der Waals surface area (Å²) in [5, 5.41) is 6.06. The van der Waals surface area contributed by atoms with Gasteiger partial charge >= 0.3 is 12.1 Å². The molecule has 0 aliphatic heterocycles. The normalized spacial score (nSPS) is 12.1. The largest absolute Gasteiger partial charge is 0.482 e. The maximum Gasteiger partial charge on any atom is 0.416 e. The Kier molecular flexibility index (Phi) is 7.99. The molecule has 0 fully saturated rings. The molecule has 0 unspecified atom stereocenters. The Bertz CT molecular complexity index is 1460. The van der Waals surface area contributed by atoms with Crippen molar-refractivity contribution in [2.45, 2.75) is 50.1 Å². The van der Waals surface area contributed by atoms with Gasteiger partial charge in [-0.1, -0.05) is 11.6 Å². The van der Waals surface area contributed by atoms with E-state index in [0.29, 0.717) is 22.2 Å². The molecule has 3 aromatic carbocycles. The summed E-state index contributed by atoms with van der Waals surface area (Å²) in [6, 6.07) is 15.9. The van der Waals surface area contributed by atoms with Gasteiger partial charge in [0.05, 0.1) is 22.5 Å². The summed E-state index contributed by atoms with van der Waals surface area (Å²) in [6.07, 6.45) is -4.41. The standard InChI is InChI=1S/C28H26ClF3N2O3S/c1-17-13-21(10-12-25(17)36-15-26(35)37-27(2,3)4)38-16-23-22-14-19(29)7-11-24(22)34(33-23)20-8-5-18(6-9-20)28(30,31)32/h5-14H,15-16H2,1-4H3. The van der Waals surface area contributed by atoms with Crippen molar-refractivity contribution < 1.29 is 27.4 Å². The van der Waals surface area contributed by atoms with E-state index in [4.69, 9.17) is 26.2 Å². The number of halogens is 4. The van der Waals surface area contributed by atoms with Crippen molar-refractivity contribution in [3.63, 3.8) is 0 Å². The summed E-state index contributed by atoms with van der Waals surface area (Å²) in [5.74, 6) is 0.649. The second-order valence-electron chi connectivity index (χ2n) is 9.66. The van der Waals surface area contributed by atoms with E-state index in [0.717, 1.165) is 39.2 Å². The number of rotatable bonds is 7. The quantitative estimate of drug-likeness (QED) is 0.169. The lowest BCUT2D eigenvalue weighted by Crippen LogP contribution is -2.27. The molecule has 0 atom stereocenters. The molecule has 0 aliphatic rings. The van der Waals surface area contributed by atoms with Gasteiger partial charge in [0.15, 0.2) is 6.61 Å².